The summed E-state index contributed by atoms with van der Waals surface area (Å²) < 4.78 is 13.6. The summed E-state index contributed by atoms with van der Waals surface area (Å²) in [6.45, 7) is 3.97. The number of hydrogen-bond acceptors (Lipinski definition) is 2. The van der Waals surface area contributed by atoms with Gasteiger partial charge in [0.15, 0.2) is 0 Å². The third-order valence-electron chi connectivity index (χ3n) is 3.08. The fourth-order valence-electron chi connectivity index (χ4n) is 2.31. The van der Waals surface area contributed by atoms with E-state index < -0.39 is 5.41 Å². The predicted molar refractivity (Wildman–Crippen MR) is 73.9 cm³/mol. The van der Waals surface area contributed by atoms with E-state index in [0.717, 1.165) is 12.0 Å². The SMILES string of the molecule is CC(C)CC(CO)(CO)Cc1ccc(F)c(Br)c1. The molecule has 2 nitrogen and oxygen atoms in total. The van der Waals surface area contributed by atoms with Crippen molar-refractivity contribution in [2.45, 2.75) is 26.7 Å². The molecule has 1 aromatic carbocycles. The summed E-state index contributed by atoms with van der Waals surface area (Å²) in [5, 5.41) is 19.1. The number of aliphatic hydroxyl groups is 2. The van der Waals surface area contributed by atoms with Crippen LogP contribution in [0.3, 0.4) is 0 Å². The third-order valence-corrected chi connectivity index (χ3v) is 3.68. The van der Waals surface area contributed by atoms with Crippen LogP contribution in [0.2, 0.25) is 0 Å². The van der Waals surface area contributed by atoms with Gasteiger partial charge < -0.3 is 10.2 Å². The summed E-state index contributed by atoms with van der Waals surface area (Å²) in [6, 6.07) is 4.80. The smallest absolute Gasteiger partial charge is 0.137 e. The van der Waals surface area contributed by atoms with Crippen molar-refractivity contribution >= 4 is 15.9 Å². The van der Waals surface area contributed by atoms with Crippen LogP contribution in [0.25, 0.3) is 0 Å². The number of benzene rings is 1. The molecule has 0 atom stereocenters. The quantitative estimate of drug-likeness (QED) is 0.846. The van der Waals surface area contributed by atoms with Gasteiger partial charge in [0.25, 0.3) is 0 Å². The Kier molecular flexibility index (Phi) is 5.76. The minimum Gasteiger partial charge on any atom is -0.396 e. The van der Waals surface area contributed by atoms with Gasteiger partial charge in [-0.1, -0.05) is 19.9 Å². The monoisotopic (exact) mass is 318 g/mol. The van der Waals surface area contributed by atoms with E-state index in [0.29, 0.717) is 16.8 Å². The molecule has 0 unspecified atom stereocenters. The van der Waals surface area contributed by atoms with Crippen LogP contribution in [0.4, 0.5) is 4.39 Å². The van der Waals surface area contributed by atoms with Crippen LogP contribution >= 0.6 is 15.9 Å². The van der Waals surface area contributed by atoms with E-state index in [-0.39, 0.29) is 19.0 Å². The first-order chi connectivity index (χ1) is 8.42. The molecular formula is C14H20BrFO2. The van der Waals surface area contributed by atoms with Crippen molar-refractivity contribution in [1.82, 2.24) is 0 Å². The first-order valence-electron chi connectivity index (χ1n) is 6.08. The highest BCUT2D eigenvalue weighted by molar-refractivity contribution is 9.10. The summed E-state index contributed by atoms with van der Waals surface area (Å²) >= 11 is 3.15. The molecule has 0 heterocycles. The lowest BCUT2D eigenvalue weighted by atomic mass is 9.76. The molecule has 0 aliphatic carbocycles. The lowest BCUT2D eigenvalue weighted by molar-refractivity contribution is 0.0369. The Morgan fingerprint density at radius 2 is 1.89 bits per heavy atom. The van der Waals surface area contributed by atoms with Crippen LogP contribution < -0.4 is 0 Å². The van der Waals surface area contributed by atoms with Crippen LogP contribution in [0, 0.1) is 17.2 Å². The van der Waals surface area contributed by atoms with E-state index >= 15 is 0 Å². The highest BCUT2D eigenvalue weighted by Crippen LogP contribution is 2.31. The Hall–Kier alpha value is -0.450. The van der Waals surface area contributed by atoms with Gasteiger partial charge in [0, 0.05) is 5.41 Å². The summed E-state index contributed by atoms with van der Waals surface area (Å²) in [5.41, 5.74) is 0.373. The van der Waals surface area contributed by atoms with Crippen LogP contribution in [0.1, 0.15) is 25.8 Å². The maximum absolute atomic E-state index is 13.2. The fourth-order valence-corrected chi connectivity index (χ4v) is 2.74. The maximum atomic E-state index is 13.2. The van der Waals surface area contributed by atoms with Crippen molar-refractivity contribution in [3.63, 3.8) is 0 Å². The Labute approximate surface area is 116 Å². The zero-order valence-corrected chi connectivity index (χ0v) is 12.4. The van der Waals surface area contributed by atoms with Gasteiger partial charge in [-0.3, -0.25) is 0 Å². The molecular weight excluding hydrogens is 299 g/mol. The van der Waals surface area contributed by atoms with E-state index in [9.17, 15) is 14.6 Å². The molecule has 0 saturated heterocycles. The van der Waals surface area contributed by atoms with Crippen molar-refractivity contribution in [3.8, 4) is 0 Å². The van der Waals surface area contributed by atoms with Gasteiger partial charge in [0.05, 0.1) is 17.7 Å². The lowest BCUT2D eigenvalue weighted by Gasteiger charge is -2.31. The fraction of sp³-hybridized carbons (Fsp3) is 0.571. The first-order valence-corrected chi connectivity index (χ1v) is 6.87. The molecule has 1 rings (SSSR count). The maximum Gasteiger partial charge on any atom is 0.137 e. The minimum absolute atomic E-state index is 0.0727. The Bertz CT molecular complexity index is 389. The summed E-state index contributed by atoms with van der Waals surface area (Å²) in [4.78, 5) is 0. The topological polar surface area (TPSA) is 40.5 Å². The molecule has 18 heavy (non-hydrogen) atoms. The largest absolute Gasteiger partial charge is 0.396 e. The van der Waals surface area contributed by atoms with Crippen molar-refractivity contribution < 1.29 is 14.6 Å². The molecule has 0 fully saturated rings. The summed E-state index contributed by atoms with van der Waals surface area (Å²) in [6.07, 6.45) is 1.27. The first kappa shape index (κ1) is 15.6. The molecule has 4 heteroatoms. The third kappa shape index (κ3) is 4.04. The number of hydrogen-bond donors (Lipinski definition) is 2. The van der Waals surface area contributed by atoms with Crippen molar-refractivity contribution in [3.05, 3.63) is 34.1 Å². The van der Waals surface area contributed by atoms with E-state index in [1.807, 2.05) is 0 Å². The number of halogens is 2. The minimum atomic E-state index is -0.536. The highest BCUT2D eigenvalue weighted by Gasteiger charge is 2.30. The second-order valence-corrected chi connectivity index (χ2v) is 6.19. The van der Waals surface area contributed by atoms with Gasteiger partial charge in [-0.25, -0.2) is 4.39 Å². The molecule has 0 amide bonds. The molecule has 0 aliphatic rings. The van der Waals surface area contributed by atoms with E-state index in [4.69, 9.17) is 0 Å². The van der Waals surface area contributed by atoms with Crippen molar-refractivity contribution in [1.29, 1.82) is 0 Å². The average molecular weight is 319 g/mol. The zero-order valence-electron chi connectivity index (χ0n) is 10.8. The van der Waals surface area contributed by atoms with Crippen molar-refractivity contribution in [2.24, 2.45) is 11.3 Å². The van der Waals surface area contributed by atoms with Gasteiger partial charge in [0.2, 0.25) is 0 Å². The van der Waals surface area contributed by atoms with Crippen molar-refractivity contribution in [2.75, 3.05) is 13.2 Å². The van der Waals surface area contributed by atoms with E-state index in [1.54, 1.807) is 12.1 Å². The Balaban J connectivity index is 2.92. The Morgan fingerprint density at radius 1 is 1.28 bits per heavy atom. The standard InChI is InChI=1S/C14H20BrFO2/c1-10(2)6-14(8-17,9-18)7-11-3-4-13(16)12(15)5-11/h3-5,10,17-18H,6-9H2,1-2H3. The molecule has 1 aromatic rings. The summed E-state index contributed by atoms with van der Waals surface area (Å²) in [5.74, 6) is 0.0781. The Morgan fingerprint density at radius 3 is 2.33 bits per heavy atom. The lowest BCUT2D eigenvalue weighted by Crippen LogP contribution is -2.34. The second-order valence-electron chi connectivity index (χ2n) is 5.34. The molecule has 0 spiro atoms. The molecule has 0 radical (unpaired) electrons. The normalized spacial score (nSPS) is 12.2. The van der Waals surface area contributed by atoms with Gasteiger partial charge in [-0.2, -0.15) is 0 Å². The molecule has 0 bridgehead atoms. The second kappa shape index (κ2) is 6.64. The van der Waals surface area contributed by atoms with Gasteiger partial charge in [0.1, 0.15) is 5.82 Å². The van der Waals surface area contributed by atoms with Gasteiger partial charge in [-0.15, -0.1) is 0 Å². The van der Waals surface area contributed by atoms with Crippen LogP contribution in [-0.2, 0) is 6.42 Å². The predicted octanol–water partition coefficient (Wildman–Crippen LogP) is 3.15. The average Bonchev–Trinajstić information content (AvgIpc) is 2.32. The summed E-state index contributed by atoms with van der Waals surface area (Å²) in [7, 11) is 0. The number of rotatable bonds is 6. The molecule has 0 saturated carbocycles. The zero-order chi connectivity index (χ0) is 13.8. The molecule has 2 N–H and O–H groups in total. The molecule has 102 valence electrons. The van der Waals surface area contributed by atoms with Gasteiger partial charge in [-0.05, 0) is 52.4 Å². The van der Waals surface area contributed by atoms with E-state index in [2.05, 4.69) is 29.8 Å². The van der Waals surface area contributed by atoms with Crippen LogP contribution in [0.5, 0.6) is 0 Å². The van der Waals surface area contributed by atoms with Crippen LogP contribution in [0.15, 0.2) is 22.7 Å². The molecule has 0 aliphatic heterocycles. The van der Waals surface area contributed by atoms with Gasteiger partial charge >= 0.3 is 0 Å². The van der Waals surface area contributed by atoms with Crippen LogP contribution in [-0.4, -0.2) is 23.4 Å². The number of aliphatic hydroxyl groups excluding tert-OH is 2. The highest BCUT2D eigenvalue weighted by atomic mass is 79.9. The molecule has 0 aromatic heterocycles. The van der Waals surface area contributed by atoms with E-state index in [1.165, 1.54) is 6.07 Å².